The summed E-state index contributed by atoms with van der Waals surface area (Å²) < 4.78 is 33.1. The van der Waals surface area contributed by atoms with Crippen molar-refractivity contribution in [1.29, 1.82) is 0 Å². The van der Waals surface area contributed by atoms with Crippen LogP contribution in [0.2, 0.25) is 0 Å². The van der Waals surface area contributed by atoms with Crippen LogP contribution >= 0.6 is 0 Å². The second-order valence-electron chi connectivity index (χ2n) is 10.3. The van der Waals surface area contributed by atoms with E-state index in [1.165, 1.54) is 31.2 Å². The quantitative estimate of drug-likeness (QED) is 0.631. The van der Waals surface area contributed by atoms with E-state index in [0.717, 1.165) is 5.69 Å². The molecule has 2 aromatic rings. The molecular formula is C27H35F2N3O4. The topological polar surface area (TPSA) is 76.5 Å². The number of anilines is 1. The average Bonchev–Trinajstić information content (AvgIpc) is 2.99. The predicted octanol–water partition coefficient (Wildman–Crippen LogP) is 2.58. The molecule has 2 fully saturated rings. The van der Waals surface area contributed by atoms with Gasteiger partial charge in [-0.25, -0.2) is 8.78 Å². The molecule has 2 aromatic carbocycles. The van der Waals surface area contributed by atoms with Crippen molar-refractivity contribution in [3.05, 3.63) is 59.7 Å². The number of aliphatic hydroxyl groups is 2. The van der Waals surface area contributed by atoms with Gasteiger partial charge in [-0.15, -0.1) is 0 Å². The van der Waals surface area contributed by atoms with Crippen molar-refractivity contribution in [3.63, 3.8) is 0 Å². The van der Waals surface area contributed by atoms with Crippen molar-refractivity contribution in [2.24, 2.45) is 0 Å². The van der Waals surface area contributed by atoms with Crippen molar-refractivity contribution in [2.75, 3.05) is 57.3 Å². The molecule has 0 radical (unpaired) electrons. The summed E-state index contributed by atoms with van der Waals surface area (Å²) >= 11 is 0. The van der Waals surface area contributed by atoms with E-state index in [4.69, 9.17) is 4.74 Å². The molecule has 0 bridgehead atoms. The van der Waals surface area contributed by atoms with E-state index < -0.39 is 11.2 Å². The van der Waals surface area contributed by atoms with E-state index in [2.05, 4.69) is 4.90 Å². The number of piperidine rings is 1. The van der Waals surface area contributed by atoms with Crippen LogP contribution in [0.1, 0.15) is 25.3 Å². The molecular weight excluding hydrogens is 468 g/mol. The van der Waals surface area contributed by atoms with E-state index in [-0.39, 0.29) is 37.2 Å². The van der Waals surface area contributed by atoms with Crippen LogP contribution in [-0.2, 0) is 4.79 Å². The molecule has 0 saturated carbocycles. The van der Waals surface area contributed by atoms with Crippen molar-refractivity contribution in [3.8, 4) is 5.75 Å². The summed E-state index contributed by atoms with van der Waals surface area (Å²) in [6.45, 7) is 5.80. The molecule has 2 N–H and O–H groups in total. The SMILES string of the molecule is CC(=O)N1CCN(CC2(O)CCN(c3cccc(F)c3)CC2)CC(O)(COc2ccc(F)c(C)c2)C1. The minimum Gasteiger partial charge on any atom is -0.490 e. The number of rotatable bonds is 6. The lowest BCUT2D eigenvalue weighted by Gasteiger charge is -2.42. The highest BCUT2D eigenvalue weighted by Crippen LogP contribution is 2.29. The highest BCUT2D eigenvalue weighted by atomic mass is 19.1. The van der Waals surface area contributed by atoms with Gasteiger partial charge in [0.2, 0.25) is 5.91 Å². The summed E-state index contributed by atoms with van der Waals surface area (Å²) in [7, 11) is 0. The molecule has 2 aliphatic heterocycles. The molecule has 0 spiro atoms. The smallest absolute Gasteiger partial charge is 0.219 e. The zero-order valence-electron chi connectivity index (χ0n) is 20.9. The number of aryl methyl sites for hydroxylation is 1. The summed E-state index contributed by atoms with van der Waals surface area (Å²) in [5.41, 5.74) is -1.10. The zero-order chi connectivity index (χ0) is 25.9. The van der Waals surface area contributed by atoms with E-state index in [9.17, 15) is 23.8 Å². The van der Waals surface area contributed by atoms with Gasteiger partial charge in [-0.3, -0.25) is 9.69 Å². The summed E-state index contributed by atoms with van der Waals surface area (Å²) in [6, 6.07) is 10.9. The van der Waals surface area contributed by atoms with E-state index in [1.54, 1.807) is 24.0 Å². The molecule has 1 unspecified atom stereocenters. The summed E-state index contributed by atoms with van der Waals surface area (Å²) in [4.78, 5) is 17.8. The Bertz CT molecular complexity index is 1080. The second-order valence-corrected chi connectivity index (χ2v) is 10.3. The molecule has 1 atom stereocenters. The lowest BCUT2D eigenvalue weighted by atomic mass is 9.90. The first-order valence-corrected chi connectivity index (χ1v) is 12.4. The fourth-order valence-corrected chi connectivity index (χ4v) is 5.09. The molecule has 2 aliphatic rings. The third-order valence-electron chi connectivity index (χ3n) is 7.16. The van der Waals surface area contributed by atoms with Gasteiger partial charge in [-0.1, -0.05) is 6.07 Å². The number of ether oxygens (including phenoxy) is 1. The first-order chi connectivity index (χ1) is 17.0. The van der Waals surface area contributed by atoms with E-state index in [0.29, 0.717) is 56.9 Å². The van der Waals surface area contributed by atoms with Crippen LogP contribution in [0.5, 0.6) is 5.75 Å². The number of nitrogens with zero attached hydrogens (tertiary/aromatic N) is 3. The Kier molecular flexibility index (Phi) is 7.82. The van der Waals surface area contributed by atoms with Crippen molar-refractivity contribution >= 4 is 11.6 Å². The van der Waals surface area contributed by atoms with Gasteiger partial charge < -0.3 is 24.7 Å². The predicted molar refractivity (Wildman–Crippen MR) is 133 cm³/mol. The highest BCUT2D eigenvalue weighted by Gasteiger charge is 2.41. The van der Waals surface area contributed by atoms with E-state index in [1.807, 2.05) is 11.0 Å². The molecule has 1 amide bonds. The van der Waals surface area contributed by atoms with Gasteiger partial charge in [0.1, 0.15) is 29.6 Å². The van der Waals surface area contributed by atoms with Gasteiger partial charge in [0, 0.05) is 51.9 Å². The summed E-state index contributed by atoms with van der Waals surface area (Å²) in [5.74, 6) is -0.322. The van der Waals surface area contributed by atoms with Crippen LogP contribution in [0.4, 0.5) is 14.5 Å². The zero-order valence-corrected chi connectivity index (χ0v) is 20.9. The molecule has 196 valence electrons. The molecule has 36 heavy (non-hydrogen) atoms. The van der Waals surface area contributed by atoms with Crippen LogP contribution in [0.3, 0.4) is 0 Å². The standard InChI is InChI=1S/C27H35F2N3O4/c1-20-14-24(6-7-25(20)29)36-19-27(35)17-30(12-13-32(18-27)21(2)33)16-26(34)8-10-31(11-9-26)23-5-3-4-22(28)15-23/h3-7,14-15,34-35H,8-13,16-19H2,1-2H3. The number of carbonyl (C=O) groups is 1. The Balaban J connectivity index is 1.41. The lowest BCUT2D eigenvalue weighted by molar-refractivity contribution is -0.132. The van der Waals surface area contributed by atoms with Gasteiger partial charge in [0.25, 0.3) is 0 Å². The minimum atomic E-state index is -1.37. The lowest BCUT2D eigenvalue weighted by Crippen LogP contribution is -2.55. The molecule has 2 heterocycles. The minimum absolute atomic E-state index is 0.0792. The number of hydrogen-bond donors (Lipinski definition) is 2. The Morgan fingerprint density at radius 3 is 2.42 bits per heavy atom. The molecule has 0 aliphatic carbocycles. The van der Waals surface area contributed by atoms with Crippen LogP contribution in [-0.4, -0.2) is 89.5 Å². The summed E-state index contributed by atoms with van der Waals surface area (Å²) in [6.07, 6.45) is 1.00. The molecule has 9 heteroatoms. The maximum absolute atomic E-state index is 13.6. The fraction of sp³-hybridized carbons (Fsp3) is 0.519. The third kappa shape index (κ3) is 6.52. The monoisotopic (exact) mass is 503 g/mol. The Labute approximate surface area is 210 Å². The van der Waals surface area contributed by atoms with Crippen LogP contribution in [0, 0.1) is 18.6 Å². The third-order valence-corrected chi connectivity index (χ3v) is 7.16. The first kappa shape index (κ1) is 26.3. The number of carbonyl (C=O) groups excluding carboxylic acids is 1. The highest BCUT2D eigenvalue weighted by molar-refractivity contribution is 5.73. The number of halogens is 2. The van der Waals surface area contributed by atoms with Crippen LogP contribution < -0.4 is 9.64 Å². The number of hydrogen-bond acceptors (Lipinski definition) is 6. The first-order valence-electron chi connectivity index (χ1n) is 12.4. The largest absolute Gasteiger partial charge is 0.490 e. The number of β-amino-alcohol motifs (C(OH)–C–C–N with tert-alkyl or cyclic N) is 2. The maximum atomic E-state index is 13.6. The van der Waals surface area contributed by atoms with Gasteiger partial charge in [-0.05, 0) is 61.7 Å². The number of benzene rings is 2. The van der Waals surface area contributed by atoms with Crippen molar-refractivity contribution in [2.45, 2.75) is 37.9 Å². The van der Waals surface area contributed by atoms with Gasteiger partial charge >= 0.3 is 0 Å². The van der Waals surface area contributed by atoms with Crippen LogP contribution in [0.15, 0.2) is 42.5 Å². The molecule has 0 aromatic heterocycles. The van der Waals surface area contributed by atoms with Crippen molar-refractivity contribution in [1.82, 2.24) is 9.80 Å². The van der Waals surface area contributed by atoms with E-state index >= 15 is 0 Å². The Morgan fingerprint density at radius 2 is 1.75 bits per heavy atom. The maximum Gasteiger partial charge on any atom is 0.219 e. The second kappa shape index (κ2) is 10.7. The summed E-state index contributed by atoms with van der Waals surface area (Å²) in [5, 5.41) is 22.9. The fourth-order valence-electron chi connectivity index (χ4n) is 5.09. The van der Waals surface area contributed by atoms with Crippen LogP contribution in [0.25, 0.3) is 0 Å². The Hall–Kier alpha value is -2.75. The Morgan fingerprint density at radius 1 is 1.00 bits per heavy atom. The average molecular weight is 504 g/mol. The normalized spacial score (nSPS) is 22.8. The molecule has 4 rings (SSSR count). The molecule has 7 nitrogen and oxygen atoms in total. The van der Waals surface area contributed by atoms with Gasteiger partial charge in [0.15, 0.2) is 0 Å². The van der Waals surface area contributed by atoms with Crippen molar-refractivity contribution < 1.29 is 28.5 Å². The van der Waals surface area contributed by atoms with Gasteiger partial charge in [0.05, 0.1) is 12.1 Å². The van der Waals surface area contributed by atoms with Gasteiger partial charge in [-0.2, -0.15) is 0 Å². The number of amides is 1. The molecule has 2 saturated heterocycles.